The molecule has 0 spiro atoms. The summed E-state index contributed by atoms with van der Waals surface area (Å²) in [6.07, 6.45) is -4.54. The molecule has 0 aliphatic carbocycles. The van der Waals surface area contributed by atoms with E-state index in [0.717, 1.165) is 50.6 Å². The summed E-state index contributed by atoms with van der Waals surface area (Å²) >= 11 is 0. The maximum absolute atomic E-state index is 14.4. The normalized spacial score (nSPS) is 11.6. The molecule has 0 amide bonds. The lowest BCUT2D eigenvalue weighted by molar-refractivity contribution is -0.137. The van der Waals surface area contributed by atoms with Crippen LogP contribution in [0.4, 0.5) is 13.2 Å². The summed E-state index contributed by atoms with van der Waals surface area (Å²) in [4.78, 5) is 20.5. The van der Waals surface area contributed by atoms with Crippen LogP contribution in [-0.2, 0) is 6.18 Å². The van der Waals surface area contributed by atoms with E-state index >= 15 is 0 Å². The van der Waals surface area contributed by atoms with Crippen LogP contribution in [0.1, 0.15) is 5.56 Å². The van der Waals surface area contributed by atoms with Gasteiger partial charge in [-0.1, -0.05) is 146 Å². The van der Waals surface area contributed by atoms with Gasteiger partial charge in [0.2, 0.25) is 0 Å². The topological polar surface area (TPSA) is 56.5 Å². The highest BCUT2D eigenvalue weighted by Gasteiger charge is 2.31. The third-order valence-electron chi connectivity index (χ3n) is 10.5. The Labute approximate surface area is 337 Å². The van der Waals surface area contributed by atoms with E-state index in [2.05, 4.69) is 0 Å². The van der Waals surface area contributed by atoms with E-state index in [0.29, 0.717) is 50.8 Å². The Morgan fingerprint density at radius 3 is 1.37 bits per heavy atom. The van der Waals surface area contributed by atoms with Crippen molar-refractivity contribution >= 4 is 21.8 Å². The maximum atomic E-state index is 14.4. The molecule has 10 aromatic rings. The Morgan fingerprint density at radius 1 is 0.356 bits per heavy atom. The quantitative estimate of drug-likeness (QED) is 0.162. The molecule has 0 saturated heterocycles. The third kappa shape index (κ3) is 6.80. The van der Waals surface area contributed by atoms with Crippen LogP contribution in [0.5, 0.6) is 0 Å². The first kappa shape index (κ1) is 35.7. The first-order valence-corrected chi connectivity index (χ1v) is 19.1. The van der Waals surface area contributed by atoms with Crippen LogP contribution in [0.25, 0.3) is 95.3 Å². The van der Waals surface area contributed by atoms with Crippen molar-refractivity contribution in [1.82, 2.24) is 24.5 Å². The Morgan fingerprint density at radius 2 is 0.814 bits per heavy atom. The Balaban J connectivity index is 1.28. The minimum absolute atomic E-state index is 0.421. The Kier molecular flexibility index (Phi) is 8.87. The van der Waals surface area contributed by atoms with Gasteiger partial charge in [-0.05, 0) is 48.5 Å². The Bertz CT molecular complexity index is 3010. The lowest BCUT2D eigenvalue weighted by Gasteiger charge is -2.17. The number of para-hydroxylation sites is 1. The van der Waals surface area contributed by atoms with E-state index in [9.17, 15) is 13.2 Å². The van der Waals surface area contributed by atoms with Gasteiger partial charge in [-0.15, -0.1) is 0 Å². The van der Waals surface area contributed by atoms with Gasteiger partial charge in [-0.25, -0.2) is 19.9 Å². The predicted molar refractivity (Wildman–Crippen MR) is 230 cm³/mol. The van der Waals surface area contributed by atoms with E-state index < -0.39 is 11.7 Å². The van der Waals surface area contributed by atoms with Crippen molar-refractivity contribution in [2.75, 3.05) is 0 Å². The molecule has 5 nitrogen and oxygen atoms in total. The smallest absolute Gasteiger partial charge is 0.309 e. The van der Waals surface area contributed by atoms with Crippen molar-refractivity contribution in [3.05, 3.63) is 200 Å². The molecule has 0 aliphatic heterocycles. The van der Waals surface area contributed by atoms with Crippen LogP contribution < -0.4 is 0 Å². The van der Waals surface area contributed by atoms with Crippen LogP contribution in [0.15, 0.2) is 194 Å². The molecule has 0 fully saturated rings. The Hall–Kier alpha value is -7.71. The van der Waals surface area contributed by atoms with Crippen molar-refractivity contribution in [2.24, 2.45) is 0 Å². The van der Waals surface area contributed by atoms with Crippen LogP contribution in [0.2, 0.25) is 0 Å². The zero-order valence-electron chi connectivity index (χ0n) is 31.3. The van der Waals surface area contributed by atoms with E-state index in [1.807, 2.05) is 180 Å². The van der Waals surface area contributed by atoms with Crippen LogP contribution in [0, 0.1) is 0 Å². The van der Waals surface area contributed by atoms with Gasteiger partial charge in [0.25, 0.3) is 0 Å². The van der Waals surface area contributed by atoms with Gasteiger partial charge in [0.05, 0.1) is 45.1 Å². The molecule has 282 valence electrons. The van der Waals surface area contributed by atoms with Gasteiger partial charge >= 0.3 is 6.18 Å². The second-order valence-corrected chi connectivity index (χ2v) is 14.2. The molecule has 0 saturated carbocycles. The number of alkyl halides is 3. The summed E-state index contributed by atoms with van der Waals surface area (Å²) in [5, 5.41) is 1.53. The summed E-state index contributed by atoms with van der Waals surface area (Å²) in [7, 11) is 0. The van der Waals surface area contributed by atoms with Gasteiger partial charge in [0.1, 0.15) is 0 Å². The summed E-state index contributed by atoms with van der Waals surface area (Å²) in [6.45, 7) is 0. The number of aromatic nitrogens is 5. The number of rotatable bonds is 7. The molecule has 0 radical (unpaired) electrons. The number of halogens is 3. The highest BCUT2D eigenvalue weighted by Crippen LogP contribution is 2.41. The fraction of sp³-hybridized carbons (Fsp3) is 0.0196. The van der Waals surface area contributed by atoms with Gasteiger partial charge < -0.3 is 4.57 Å². The molecular formula is C51H32F3N5. The fourth-order valence-corrected chi connectivity index (χ4v) is 7.63. The number of hydrogen-bond acceptors (Lipinski definition) is 4. The van der Waals surface area contributed by atoms with Crippen molar-refractivity contribution in [1.29, 1.82) is 0 Å². The number of nitrogens with zero attached hydrogens (tertiary/aromatic N) is 5. The van der Waals surface area contributed by atoms with Crippen molar-refractivity contribution in [3.63, 3.8) is 0 Å². The van der Waals surface area contributed by atoms with Crippen LogP contribution >= 0.6 is 0 Å². The molecule has 0 N–H and O–H groups in total. The second kappa shape index (κ2) is 14.7. The summed E-state index contributed by atoms with van der Waals surface area (Å²) in [6, 6.07) is 60.9. The molecule has 10 rings (SSSR count). The van der Waals surface area contributed by atoms with Gasteiger partial charge in [-0.2, -0.15) is 13.2 Å². The van der Waals surface area contributed by atoms with Gasteiger partial charge in [0, 0.05) is 44.2 Å². The standard InChI is InChI=1S/C51H32F3N5/c52-51(53,54)38-26-27-40-39-23-13-14-24-46(39)59(48(40)30-38)47-28-25-37(50-56-42(33-15-5-1-6-16-33)31-43(57-50)34-17-7-2-8-18-34)29-41(47)45-32-44(35-19-9-3-10-20-35)55-49(58-45)36-21-11-4-12-22-36/h1-32H. The molecule has 0 atom stereocenters. The zero-order valence-corrected chi connectivity index (χ0v) is 31.3. The summed E-state index contributed by atoms with van der Waals surface area (Å²) in [5.74, 6) is 0.994. The lowest BCUT2D eigenvalue weighted by atomic mass is 10.0. The number of hydrogen-bond donors (Lipinski definition) is 0. The van der Waals surface area contributed by atoms with Crippen LogP contribution in [-0.4, -0.2) is 24.5 Å². The summed E-state index contributed by atoms with van der Waals surface area (Å²) < 4.78 is 45.0. The molecule has 0 bridgehead atoms. The SMILES string of the molecule is FC(F)(F)c1ccc2c3ccccc3n(-c3ccc(-c4nc(-c5ccccc5)cc(-c5ccccc5)n4)cc3-c3cc(-c4ccccc4)nc(-c4ccccc4)n3)c2c1. The molecule has 0 aliphatic rings. The first-order chi connectivity index (χ1) is 28.9. The monoisotopic (exact) mass is 771 g/mol. The van der Waals surface area contributed by atoms with Crippen LogP contribution in [0.3, 0.4) is 0 Å². The van der Waals surface area contributed by atoms with E-state index in [-0.39, 0.29) is 0 Å². The molecule has 3 aromatic heterocycles. The third-order valence-corrected chi connectivity index (χ3v) is 10.5. The first-order valence-electron chi connectivity index (χ1n) is 19.1. The minimum atomic E-state index is -4.54. The molecule has 59 heavy (non-hydrogen) atoms. The lowest BCUT2D eigenvalue weighted by Crippen LogP contribution is -2.05. The second-order valence-electron chi connectivity index (χ2n) is 14.2. The number of benzene rings is 7. The molecule has 7 aromatic carbocycles. The average molecular weight is 772 g/mol. The van der Waals surface area contributed by atoms with Crippen molar-refractivity contribution < 1.29 is 13.2 Å². The fourth-order valence-electron chi connectivity index (χ4n) is 7.63. The average Bonchev–Trinajstić information content (AvgIpc) is 3.63. The zero-order chi connectivity index (χ0) is 39.9. The molecule has 8 heteroatoms. The van der Waals surface area contributed by atoms with E-state index in [1.165, 1.54) is 6.07 Å². The molecular weight excluding hydrogens is 740 g/mol. The van der Waals surface area contributed by atoms with Crippen molar-refractivity contribution in [3.8, 4) is 73.5 Å². The highest BCUT2D eigenvalue weighted by molar-refractivity contribution is 6.10. The van der Waals surface area contributed by atoms with E-state index in [1.54, 1.807) is 6.07 Å². The van der Waals surface area contributed by atoms with Crippen molar-refractivity contribution in [2.45, 2.75) is 6.18 Å². The number of fused-ring (bicyclic) bond motifs is 3. The minimum Gasteiger partial charge on any atom is -0.309 e. The van der Waals surface area contributed by atoms with Gasteiger partial charge in [0.15, 0.2) is 11.6 Å². The maximum Gasteiger partial charge on any atom is 0.416 e. The summed E-state index contributed by atoms with van der Waals surface area (Å²) in [5.41, 5.74) is 8.81. The highest BCUT2D eigenvalue weighted by atomic mass is 19.4. The molecule has 3 heterocycles. The largest absolute Gasteiger partial charge is 0.416 e. The van der Waals surface area contributed by atoms with Gasteiger partial charge in [-0.3, -0.25) is 0 Å². The predicted octanol–water partition coefficient (Wildman–Crippen LogP) is 13.4. The molecule has 0 unspecified atom stereocenters. The van der Waals surface area contributed by atoms with E-state index in [4.69, 9.17) is 19.9 Å².